The molecule has 96 valence electrons. The molecule has 0 aliphatic heterocycles. The number of hydrogen-bond acceptors (Lipinski definition) is 1. The van der Waals surface area contributed by atoms with Crippen molar-refractivity contribution in [2.24, 2.45) is 11.8 Å². The number of hydrogen-bond donors (Lipinski definition) is 1. The lowest BCUT2D eigenvalue weighted by atomic mass is 9.75. The molecule has 0 saturated carbocycles. The third-order valence-electron chi connectivity index (χ3n) is 4.07. The van der Waals surface area contributed by atoms with Gasteiger partial charge in [0.25, 0.3) is 0 Å². The minimum atomic E-state index is -0.399. The van der Waals surface area contributed by atoms with Crippen molar-refractivity contribution in [2.75, 3.05) is 0 Å². The molecule has 0 amide bonds. The first kappa shape index (κ1) is 13.1. The van der Waals surface area contributed by atoms with Crippen LogP contribution < -0.4 is 0 Å². The molecule has 1 N–H and O–H groups in total. The van der Waals surface area contributed by atoms with Crippen LogP contribution >= 0.6 is 0 Å². The molecular formula is C17H22O. The maximum Gasteiger partial charge on any atom is 0.0855 e. The van der Waals surface area contributed by atoms with Crippen molar-refractivity contribution in [1.29, 1.82) is 0 Å². The molecular weight excluding hydrogens is 220 g/mol. The molecule has 0 spiro atoms. The van der Waals surface area contributed by atoms with Crippen LogP contribution in [0.25, 0.3) is 0 Å². The molecule has 1 aliphatic carbocycles. The summed E-state index contributed by atoms with van der Waals surface area (Å²) >= 11 is 0. The molecule has 1 aliphatic rings. The Morgan fingerprint density at radius 1 is 1.33 bits per heavy atom. The van der Waals surface area contributed by atoms with Crippen LogP contribution in [-0.4, -0.2) is 5.11 Å². The van der Waals surface area contributed by atoms with E-state index in [4.69, 9.17) is 0 Å². The van der Waals surface area contributed by atoms with Crippen LogP contribution in [0.2, 0.25) is 0 Å². The highest BCUT2D eigenvalue weighted by molar-refractivity contribution is 5.23. The van der Waals surface area contributed by atoms with Crippen LogP contribution in [0, 0.1) is 11.8 Å². The lowest BCUT2D eigenvalue weighted by Crippen LogP contribution is -2.22. The highest BCUT2D eigenvalue weighted by Crippen LogP contribution is 2.39. The molecule has 0 bridgehead atoms. The van der Waals surface area contributed by atoms with E-state index in [0.717, 1.165) is 18.4 Å². The number of allylic oxidation sites excluding steroid dienone is 2. The van der Waals surface area contributed by atoms with Gasteiger partial charge in [-0.05, 0) is 38.2 Å². The summed E-state index contributed by atoms with van der Waals surface area (Å²) in [4.78, 5) is 0. The van der Waals surface area contributed by atoms with Gasteiger partial charge in [0, 0.05) is 5.92 Å². The van der Waals surface area contributed by atoms with Crippen molar-refractivity contribution in [3.05, 3.63) is 59.7 Å². The summed E-state index contributed by atoms with van der Waals surface area (Å²) in [7, 11) is 0. The zero-order valence-corrected chi connectivity index (χ0v) is 11.3. The highest BCUT2D eigenvalue weighted by Gasteiger charge is 2.28. The van der Waals surface area contributed by atoms with E-state index in [1.165, 1.54) is 11.1 Å². The standard InChI is InChI=1S/C17H22O/c1-12(2)15-10-9-13(3)16(11-15)17(18)14-7-5-4-6-8-14/h4-9,15-18H,1,10-11H2,2-3H3/t15-,16-,17-/m0/s1. The molecule has 18 heavy (non-hydrogen) atoms. The minimum absolute atomic E-state index is 0.225. The average Bonchev–Trinajstić information content (AvgIpc) is 2.39. The van der Waals surface area contributed by atoms with E-state index in [1.807, 2.05) is 30.3 Å². The van der Waals surface area contributed by atoms with Crippen LogP contribution in [0.5, 0.6) is 0 Å². The van der Waals surface area contributed by atoms with E-state index < -0.39 is 6.10 Å². The Kier molecular flexibility index (Phi) is 4.03. The summed E-state index contributed by atoms with van der Waals surface area (Å²) in [5.41, 5.74) is 3.55. The van der Waals surface area contributed by atoms with Gasteiger partial charge < -0.3 is 5.11 Å². The van der Waals surface area contributed by atoms with Crippen LogP contribution in [0.1, 0.15) is 38.4 Å². The Labute approximate surface area is 110 Å². The van der Waals surface area contributed by atoms with Gasteiger partial charge in [-0.3, -0.25) is 0 Å². The first-order valence-electron chi connectivity index (χ1n) is 6.64. The monoisotopic (exact) mass is 242 g/mol. The molecule has 0 fully saturated rings. The molecule has 1 aromatic carbocycles. The summed E-state index contributed by atoms with van der Waals surface area (Å²) in [6.07, 6.45) is 3.94. The SMILES string of the molecule is C=C(C)[C@H]1CC=C(C)[C@@H]([C@@H](O)c2ccccc2)C1. The van der Waals surface area contributed by atoms with Crippen LogP contribution in [0.3, 0.4) is 0 Å². The van der Waals surface area contributed by atoms with E-state index in [9.17, 15) is 5.11 Å². The number of aliphatic hydroxyl groups excluding tert-OH is 1. The Morgan fingerprint density at radius 3 is 2.61 bits per heavy atom. The third kappa shape index (κ3) is 2.73. The van der Waals surface area contributed by atoms with Gasteiger partial charge in [0.2, 0.25) is 0 Å². The smallest absolute Gasteiger partial charge is 0.0855 e. The second kappa shape index (κ2) is 5.53. The fourth-order valence-electron chi connectivity index (χ4n) is 2.73. The fourth-order valence-corrected chi connectivity index (χ4v) is 2.73. The molecule has 0 heterocycles. The second-order valence-electron chi connectivity index (χ2n) is 5.42. The van der Waals surface area contributed by atoms with Crippen molar-refractivity contribution in [3.63, 3.8) is 0 Å². The molecule has 0 unspecified atom stereocenters. The Bertz CT molecular complexity index is 444. The topological polar surface area (TPSA) is 20.2 Å². The van der Waals surface area contributed by atoms with Crippen molar-refractivity contribution >= 4 is 0 Å². The zero-order chi connectivity index (χ0) is 13.1. The van der Waals surface area contributed by atoms with Crippen molar-refractivity contribution < 1.29 is 5.11 Å². The van der Waals surface area contributed by atoms with Crippen LogP contribution in [0.15, 0.2) is 54.1 Å². The van der Waals surface area contributed by atoms with Crippen LogP contribution in [0.4, 0.5) is 0 Å². The highest BCUT2D eigenvalue weighted by atomic mass is 16.3. The van der Waals surface area contributed by atoms with Gasteiger partial charge in [-0.15, -0.1) is 0 Å². The van der Waals surface area contributed by atoms with Gasteiger partial charge in [0.05, 0.1) is 6.10 Å². The average molecular weight is 242 g/mol. The van der Waals surface area contributed by atoms with Gasteiger partial charge in [0.15, 0.2) is 0 Å². The first-order chi connectivity index (χ1) is 8.59. The van der Waals surface area contributed by atoms with Gasteiger partial charge >= 0.3 is 0 Å². The van der Waals surface area contributed by atoms with Gasteiger partial charge in [-0.2, -0.15) is 0 Å². The van der Waals surface area contributed by atoms with Crippen LogP contribution in [-0.2, 0) is 0 Å². The molecule has 3 atom stereocenters. The predicted octanol–water partition coefficient (Wildman–Crippen LogP) is 4.27. The largest absolute Gasteiger partial charge is 0.388 e. The summed E-state index contributed by atoms with van der Waals surface area (Å²) in [5, 5.41) is 10.5. The summed E-state index contributed by atoms with van der Waals surface area (Å²) in [6, 6.07) is 9.95. The lowest BCUT2D eigenvalue weighted by molar-refractivity contribution is 0.110. The second-order valence-corrected chi connectivity index (χ2v) is 5.42. The van der Waals surface area contributed by atoms with E-state index in [1.54, 1.807) is 0 Å². The Morgan fingerprint density at radius 2 is 2.00 bits per heavy atom. The first-order valence-corrected chi connectivity index (χ1v) is 6.64. The Balaban J connectivity index is 2.19. The maximum atomic E-state index is 10.5. The van der Waals surface area contributed by atoms with E-state index in [0.29, 0.717) is 5.92 Å². The van der Waals surface area contributed by atoms with E-state index in [2.05, 4.69) is 26.5 Å². The van der Waals surface area contributed by atoms with Gasteiger partial charge in [0.1, 0.15) is 0 Å². The normalized spacial score (nSPS) is 25.4. The van der Waals surface area contributed by atoms with Gasteiger partial charge in [-0.25, -0.2) is 0 Å². The molecule has 1 aromatic rings. The summed E-state index contributed by atoms with van der Waals surface area (Å²) in [6.45, 7) is 8.28. The van der Waals surface area contributed by atoms with E-state index in [-0.39, 0.29) is 5.92 Å². The summed E-state index contributed by atoms with van der Waals surface area (Å²) < 4.78 is 0. The van der Waals surface area contributed by atoms with Crippen molar-refractivity contribution in [3.8, 4) is 0 Å². The van der Waals surface area contributed by atoms with E-state index >= 15 is 0 Å². The quantitative estimate of drug-likeness (QED) is 0.785. The number of aliphatic hydroxyl groups is 1. The fraction of sp³-hybridized carbons (Fsp3) is 0.412. The summed E-state index contributed by atoms with van der Waals surface area (Å²) in [5.74, 6) is 0.736. The molecule has 2 rings (SSSR count). The van der Waals surface area contributed by atoms with Crippen molar-refractivity contribution in [1.82, 2.24) is 0 Å². The minimum Gasteiger partial charge on any atom is -0.388 e. The predicted molar refractivity (Wildman–Crippen MR) is 76.2 cm³/mol. The van der Waals surface area contributed by atoms with Crippen molar-refractivity contribution in [2.45, 2.75) is 32.8 Å². The molecule has 0 saturated heterocycles. The molecule has 1 heteroatoms. The van der Waals surface area contributed by atoms with Gasteiger partial charge in [-0.1, -0.05) is 54.1 Å². The lowest BCUT2D eigenvalue weighted by Gasteiger charge is -2.32. The molecule has 0 radical (unpaired) electrons. The number of benzene rings is 1. The maximum absolute atomic E-state index is 10.5. The zero-order valence-electron chi connectivity index (χ0n) is 11.3. The Hall–Kier alpha value is -1.34. The molecule has 0 aromatic heterocycles. The third-order valence-corrected chi connectivity index (χ3v) is 4.07. The molecule has 1 nitrogen and oxygen atoms in total. The number of rotatable bonds is 3.